The van der Waals surface area contributed by atoms with Crippen molar-refractivity contribution in [3.8, 4) is 5.75 Å². The largest absolute Gasteiger partial charge is 0.497 e. The summed E-state index contributed by atoms with van der Waals surface area (Å²) in [4.78, 5) is 22.7. The number of benzene rings is 1. The van der Waals surface area contributed by atoms with Crippen molar-refractivity contribution in [3.05, 3.63) is 53.6 Å². The summed E-state index contributed by atoms with van der Waals surface area (Å²) < 4.78 is 6.73. The molecule has 1 amide bonds. The first-order chi connectivity index (χ1) is 11.5. The molecule has 0 aliphatic heterocycles. The molecule has 3 rings (SSSR count). The first-order valence-electron chi connectivity index (χ1n) is 7.60. The second-order valence-electron chi connectivity index (χ2n) is 5.60. The Morgan fingerprint density at radius 2 is 1.96 bits per heavy atom. The molecule has 0 radical (unpaired) electrons. The van der Waals surface area contributed by atoms with Crippen LogP contribution in [0.2, 0.25) is 0 Å². The number of rotatable bonds is 4. The molecule has 2 aromatic heterocycles. The number of carbonyl (C=O) groups is 1. The minimum absolute atomic E-state index is 0.121. The third-order valence-corrected chi connectivity index (χ3v) is 4.12. The van der Waals surface area contributed by atoms with Crippen molar-refractivity contribution in [2.75, 3.05) is 14.2 Å². The Balaban J connectivity index is 1.85. The lowest BCUT2D eigenvalue weighted by Crippen LogP contribution is -2.30. The highest BCUT2D eigenvalue weighted by Crippen LogP contribution is 2.22. The fraction of sp³-hybridized carbons (Fsp3) is 0.294. The Morgan fingerprint density at radius 3 is 2.58 bits per heavy atom. The third kappa shape index (κ3) is 2.80. The van der Waals surface area contributed by atoms with Crippen LogP contribution >= 0.6 is 0 Å². The fourth-order valence-corrected chi connectivity index (χ4v) is 2.44. The van der Waals surface area contributed by atoms with Gasteiger partial charge in [-0.15, -0.1) is 5.10 Å². The molecule has 2 heterocycles. The number of hydrogen-bond donors (Lipinski definition) is 0. The van der Waals surface area contributed by atoms with Gasteiger partial charge in [-0.2, -0.15) is 4.98 Å². The van der Waals surface area contributed by atoms with Gasteiger partial charge in [0.25, 0.3) is 11.7 Å². The number of methoxy groups -OCH3 is 1. The van der Waals surface area contributed by atoms with Crippen molar-refractivity contribution in [3.63, 3.8) is 0 Å². The molecule has 0 saturated carbocycles. The van der Waals surface area contributed by atoms with E-state index in [2.05, 4.69) is 15.1 Å². The zero-order valence-electron chi connectivity index (χ0n) is 14.1. The molecule has 124 valence electrons. The van der Waals surface area contributed by atoms with Crippen LogP contribution in [-0.2, 0) is 0 Å². The molecule has 3 aromatic rings. The molecule has 0 bridgehead atoms. The van der Waals surface area contributed by atoms with Gasteiger partial charge in [0, 0.05) is 18.9 Å². The van der Waals surface area contributed by atoms with Crippen LogP contribution in [-0.4, -0.2) is 44.5 Å². The molecule has 0 aliphatic rings. The molecule has 24 heavy (non-hydrogen) atoms. The molecule has 0 spiro atoms. The normalized spacial score (nSPS) is 12.2. The van der Waals surface area contributed by atoms with E-state index in [9.17, 15) is 4.79 Å². The van der Waals surface area contributed by atoms with Crippen LogP contribution < -0.4 is 4.74 Å². The smallest absolute Gasteiger partial charge is 0.293 e. The quantitative estimate of drug-likeness (QED) is 0.736. The molecule has 0 N–H and O–H groups in total. The highest BCUT2D eigenvalue weighted by atomic mass is 16.5. The van der Waals surface area contributed by atoms with Gasteiger partial charge in [0.2, 0.25) is 5.82 Å². The van der Waals surface area contributed by atoms with Gasteiger partial charge in [-0.25, -0.2) is 9.50 Å². The molecule has 7 nitrogen and oxygen atoms in total. The summed E-state index contributed by atoms with van der Waals surface area (Å²) in [6.07, 6.45) is 1.65. The first kappa shape index (κ1) is 15.9. The highest BCUT2D eigenvalue weighted by Gasteiger charge is 2.23. The zero-order chi connectivity index (χ0) is 17.3. The molecule has 7 heteroatoms. The van der Waals surface area contributed by atoms with Crippen molar-refractivity contribution in [2.45, 2.75) is 19.9 Å². The first-order valence-corrected chi connectivity index (χ1v) is 7.60. The van der Waals surface area contributed by atoms with E-state index in [1.54, 1.807) is 29.8 Å². The van der Waals surface area contributed by atoms with E-state index >= 15 is 0 Å². The average molecular weight is 325 g/mol. The predicted octanol–water partition coefficient (Wildman–Crippen LogP) is 2.27. The number of ether oxygens (including phenoxy) is 1. The molecule has 1 atom stereocenters. The van der Waals surface area contributed by atoms with Gasteiger partial charge in [0.05, 0.1) is 13.2 Å². The van der Waals surface area contributed by atoms with Crippen molar-refractivity contribution >= 4 is 11.7 Å². The van der Waals surface area contributed by atoms with E-state index in [0.29, 0.717) is 5.78 Å². The number of hydrogen-bond acceptors (Lipinski definition) is 5. The Kier molecular flexibility index (Phi) is 4.16. The van der Waals surface area contributed by atoms with Gasteiger partial charge >= 0.3 is 0 Å². The second-order valence-corrected chi connectivity index (χ2v) is 5.60. The second kappa shape index (κ2) is 6.27. The topological polar surface area (TPSA) is 72.6 Å². The minimum atomic E-state index is -0.247. The lowest BCUT2D eigenvalue weighted by atomic mass is 10.1. The molecule has 0 fully saturated rings. The maximum atomic E-state index is 12.7. The van der Waals surface area contributed by atoms with Crippen LogP contribution in [0, 0.1) is 6.92 Å². The number of carbonyl (C=O) groups excluding carboxylic acids is 1. The summed E-state index contributed by atoms with van der Waals surface area (Å²) in [6, 6.07) is 9.33. The molecular weight excluding hydrogens is 306 g/mol. The van der Waals surface area contributed by atoms with E-state index in [1.807, 2.05) is 44.2 Å². The summed E-state index contributed by atoms with van der Waals surface area (Å²) in [5.74, 6) is 1.09. The third-order valence-electron chi connectivity index (χ3n) is 4.12. The Hall–Kier alpha value is -2.96. The van der Waals surface area contributed by atoms with Gasteiger partial charge in [-0.3, -0.25) is 4.79 Å². The lowest BCUT2D eigenvalue weighted by Gasteiger charge is -2.24. The Morgan fingerprint density at radius 1 is 1.25 bits per heavy atom. The van der Waals surface area contributed by atoms with Crippen LogP contribution in [0.3, 0.4) is 0 Å². The maximum Gasteiger partial charge on any atom is 0.293 e. The van der Waals surface area contributed by atoms with Gasteiger partial charge < -0.3 is 9.64 Å². The summed E-state index contributed by atoms with van der Waals surface area (Å²) in [7, 11) is 3.36. The number of aryl methyl sites for hydroxylation is 1. The van der Waals surface area contributed by atoms with E-state index < -0.39 is 0 Å². The number of aromatic nitrogens is 4. The van der Waals surface area contributed by atoms with Gasteiger partial charge in [0.1, 0.15) is 5.75 Å². The number of fused-ring (bicyclic) bond motifs is 1. The summed E-state index contributed by atoms with van der Waals surface area (Å²) in [5.41, 5.74) is 1.88. The molecule has 0 saturated heterocycles. The molecular formula is C17H19N5O2. The van der Waals surface area contributed by atoms with E-state index in [0.717, 1.165) is 17.0 Å². The average Bonchev–Trinajstić information content (AvgIpc) is 3.05. The van der Waals surface area contributed by atoms with E-state index in [1.165, 1.54) is 0 Å². The summed E-state index contributed by atoms with van der Waals surface area (Å²) >= 11 is 0. The SMILES string of the molecule is COc1ccc(C(C)N(C)C(=O)c2nc3nccc(C)n3n2)cc1. The van der Waals surface area contributed by atoms with Crippen LogP contribution in [0.5, 0.6) is 5.75 Å². The lowest BCUT2D eigenvalue weighted by molar-refractivity contribution is 0.0730. The standard InChI is InChI=1S/C17H19N5O2/c1-11-9-10-18-17-19-15(20-22(11)17)16(23)21(3)12(2)13-5-7-14(24-4)8-6-13/h5-10,12H,1-4H3. The van der Waals surface area contributed by atoms with Crippen LogP contribution in [0.1, 0.15) is 34.8 Å². The molecule has 1 aromatic carbocycles. The van der Waals surface area contributed by atoms with Crippen LogP contribution in [0.15, 0.2) is 36.5 Å². The van der Waals surface area contributed by atoms with Gasteiger partial charge in [-0.05, 0) is 37.6 Å². The van der Waals surface area contributed by atoms with Gasteiger partial charge in [0.15, 0.2) is 0 Å². The summed E-state index contributed by atoms with van der Waals surface area (Å²) in [6.45, 7) is 3.85. The molecule has 0 aliphatic carbocycles. The number of nitrogens with zero attached hydrogens (tertiary/aromatic N) is 5. The van der Waals surface area contributed by atoms with Crippen molar-refractivity contribution < 1.29 is 9.53 Å². The molecule has 1 unspecified atom stereocenters. The van der Waals surface area contributed by atoms with Crippen LogP contribution in [0.4, 0.5) is 0 Å². The van der Waals surface area contributed by atoms with Gasteiger partial charge in [-0.1, -0.05) is 12.1 Å². The monoisotopic (exact) mass is 325 g/mol. The minimum Gasteiger partial charge on any atom is -0.497 e. The number of amides is 1. The summed E-state index contributed by atoms with van der Waals surface area (Å²) in [5, 5.41) is 4.27. The van der Waals surface area contributed by atoms with Crippen molar-refractivity contribution in [2.24, 2.45) is 0 Å². The predicted molar refractivity (Wildman–Crippen MR) is 89.0 cm³/mol. The van der Waals surface area contributed by atoms with E-state index in [-0.39, 0.29) is 17.8 Å². The van der Waals surface area contributed by atoms with E-state index in [4.69, 9.17) is 4.74 Å². The fourth-order valence-electron chi connectivity index (χ4n) is 2.44. The highest BCUT2D eigenvalue weighted by molar-refractivity contribution is 5.91. The van der Waals surface area contributed by atoms with Crippen LogP contribution in [0.25, 0.3) is 5.78 Å². The van der Waals surface area contributed by atoms with Crippen molar-refractivity contribution in [1.82, 2.24) is 24.5 Å². The maximum absolute atomic E-state index is 12.7. The Bertz CT molecular complexity index is 872. The Labute approximate surface area is 139 Å². The van der Waals surface area contributed by atoms with Crippen molar-refractivity contribution in [1.29, 1.82) is 0 Å². The zero-order valence-corrected chi connectivity index (χ0v) is 14.1.